The molecule has 0 bridgehead atoms. The molecule has 24 heavy (non-hydrogen) atoms. The highest BCUT2D eigenvalue weighted by atomic mass is 33.1. The molecule has 3 unspecified atom stereocenters. The van der Waals surface area contributed by atoms with E-state index in [9.17, 15) is 15.0 Å². The normalized spacial score (nSPS) is 28.5. The Bertz CT molecular complexity index is 421. The molecule has 3 atom stereocenters. The third-order valence-electron chi connectivity index (χ3n) is 4.82. The van der Waals surface area contributed by atoms with Crippen molar-refractivity contribution in [2.75, 3.05) is 18.6 Å². The number of hydrazone groups is 1. The maximum Gasteiger partial charge on any atom is 0.250 e. The molecule has 7 heteroatoms. The Morgan fingerprint density at radius 1 is 1.29 bits per heavy atom. The van der Waals surface area contributed by atoms with E-state index < -0.39 is 5.60 Å². The van der Waals surface area contributed by atoms with Gasteiger partial charge in [-0.2, -0.15) is 5.10 Å². The molecule has 3 N–H and O–H groups in total. The second-order valence-electron chi connectivity index (χ2n) is 6.63. The number of nitrogens with zero attached hydrogens (tertiary/aromatic N) is 1. The smallest absolute Gasteiger partial charge is 0.250 e. The molecule has 0 saturated heterocycles. The number of amides is 1. The molecular weight excluding hydrogens is 344 g/mol. The average molecular weight is 377 g/mol. The van der Waals surface area contributed by atoms with Crippen molar-refractivity contribution in [2.45, 2.75) is 64.4 Å². The number of rotatable bonds is 9. The van der Waals surface area contributed by atoms with E-state index in [-0.39, 0.29) is 12.5 Å². The van der Waals surface area contributed by atoms with E-state index in [1.165, 1.54) is 21.6 Å². The summed E-state index contributed by atoms with van der Waals surface area (Å²) in [6.45, 7) is 3.97. The van der Waals surface area contributed by atoms with E-state index in [1.807, 2.05) is 6.26 Å². The summed E-state index contributed by atoms with van der Waals surface area (Å²) in [4.78, 5) is 11.7. The van der Waals surface area contributed by atoms with Crippen molar-refractivity contribution in [3.8, 4) is 0 Å². The van der Waals surface area contributed by atoms with E-state index in [4.69, 9.17) is 0 Å². The zero-order chi connectivity index (χ0) is 18.0. The predicted molar refractivity (Wildman–Crippen MR) is 104 cm³/mol. The fraction of sp³-hybridized carbons (Fsp3) is 0.882. The van der Waals surface area contributed by atoms with Crippen LogP contribution < -0.4 is 5.43 Å². The van der Waals surface area contributed by atoms with E-state index in [0.717, 1.165) is 32.1 Å². The van der Waals surface area contributed by atoms with Gasteiger partial charge in [0.2, 0.25) is 0 Å². The standard InChI is InChI=1S/C17H32N2O3S2/c1-4-6-14-8-7-13(5-2)9-17(22,10-14)15(11-20)18-19-16(21)12-24-23-3/h13-14,20,22H,4-12H2,1-3H3,(H,19,21)/b18-15+. The first-order valence-corrected chi connectivity index (χ1v) is 11.6. The molecule has 0 aromatic heterocycles. The molecule has 0 aliphatic heterocycles. The van der Waals surface area contributed by atoms with Crippen LogP contribution in [0, 0.1) is 11.8 Å². The van der Waals surface area contributed by atoms with E-state index >= 15 is 0 Å². The lowest BCUT2D eigenvalue weighted by Crippen LogP contribution is -2.44. The maximum absolute atomic E-state index is 11.7. The van der Waals surface area contributed by atoms with Gasteiger partial charge in [0.1, 0.15) is 5.60 Å². The lowest BCUT2D eigenvalue weighted by molar-refractivity contribution is -0.118. The van der Waals surface area contributed by atoms with Crippen LogP contribution in [-0.4, -0.2) is 46.0 Å². The Labute approximate surface area is 153 Å². The summed E-state index contributed by atoms with van der Waals surface area (Å²) in [5.74, 6) is 0.958. The van der Waals surface area contributed by atoms with Crippen molar-refractivity contribution in [1.29, 1.82) is 0 Å². The van der Waals surface area contributed by atoms with Crippen molar-refractivity contribution in [3.63, 3.8) is 0 Å². The van der Waals surface area contributed by atoms with Crippen molar-refractivity contribution < 1.29 is 15.0 Å². The first kappa shape index (κ1) is 21.8. The lowest BCUT2D eigenvalue weighted by Gasteiger charge is -2.32. The molecule has 1 aliphatic rings. The van der Waals surface area contributed by atoms with Crippen LogP contribution in [0.2, 0.25) is 0 Å². The SMILES string of the molecule is CCCC1CCC(CC)CC(O)(/C(CO)=N/NC(=O)CSSC)C1. The summed E-state index contributed by atoms with van der Waals surface area (Å²) >= 11 is 0. The number of carbonyl (C=O) groups excluding carboxylic acids is 1. The molecular formula is C17H32N2O3S2. The topological polar surface area (TPSA) is 81.9 Å². The van der Waals surface area contributed by atoms with Gasteiger partial charge in [-0.1, -0.05) is 67.5 Å². The van der Waals surface area contributed by atoms with Crippen LogP contribution in [0.4, 0.5) is 0 Å². The van der Waals surface area contributed by atoms with Crippen molar-refractivity contribution in [2.24, 2.45) is 16.9 Å². The molecule has 1 rings (SSSR count). The molecule has 1 saturated carbocycles. The van der Waals surface area contributed by atoms with Gasteiger partial charge in [0.25, 0.3) is 5.91 Å². The van der Waals surface area contributed by atoms with Gasteiger partial charge in [-0.15, -0.1) is 0 Å². The van der Waals surface area contributed by atoms with Crippen molar-refractivity contribution in [1.82, 2.24) is 5.43 Å². The summed E-state index contributed by atoms with van der Waals surface area (Å²) in [7, 11) is 2.95. The molecule has 0 aromatic carbocycles. The molecule has 5 nitrogen and oxygen atoms in total. The maximum atomic E-state index is 11.7. The Balaban J connectivity index is 2.88. The van der Waals surface area contributed by atoms with Gasteiger partial charge in [-0.05, 0) is 30.9 Å². The lowest BCUT2D eigenvalue weighted by atomic mass is 9.81. The summed E-state index contributed by atoms with van der Waals surface area (Å²) in [6.07, 6.45) is 8.54. The van der Waals surface area contributed by atoms with Crippen LogP contribution in [0.1, 0.15) is 58.8 Å². The van der Waals surface area contributed by atoms with Gasteiger partial charge < -0.3 is 10.2 Å². The monoisotopic (exact) mass is 376 g/mol. The Morgan fingerprint density at radius 2 is 1.96 bits per heavy atom. The fourth-order valence-electron chi connectivity index (χ4n) is 3.51. The summed E-state index contributed by atoms with van der Waals surface area (Å²) in [5.41, 5.74) is 1.66. The zero-order valence-corrected chi connectivity index (χ0v) is 16.7. The first-order chi connectivity index (χ1) is 11.5. The highest BCUT2D eigenvalue weighted by Crippen LogP contribution is 2.38. The summed E-state index contributed by atoms with van der Waals surface area (Å²) < 4.78 is 0. The first-order valence-electron chi connectivity index (χ1n) is 8.83. The van der Waals surface area contributed by atoms with E-state index in [0.29, 0.717) is 36.1 Å². The molecule has 0 heterocycles. The molecule has 140 valence electrons. The Morgan fingerprint density at radius 3 is 2.54 bits per heavy atom. The molecule has 1 amide bonds. The summed E-state index contributed by atoms with van der Waals surface area (Å²) in [5, 5.41) is 25.1. The van der Waals surface area contributed by atoms with Crippen LogP contribution >= 0.6 is 21.6 Å². The van der Waals surface area contributed by atoms with E-state index in [2.05, 4.69) is 24.4 Å². The minimum absolute atomic E-state index is 0.213. The second-order valence-corrected chi connectivity index (χ2v) is 9.19. The highest BCUT2D eigenvalue weighted by molar-refractivity contribution is 8.76. The van der Waals surface area contributed by atoms with Crippen LogP contribution in [0.5, 0.6) is 0 Å². The quantitative estimate of drug-likeness (QED) is 0.249. The molecule has 1 aliphatic carbocycles. The highest BCUT2D eigenvalue weighted by Gasteiger charge is 2.40. The third-order valence-corrected chi connectivity index (χ3v) is 6.50. The number of carbonyl (C=O) groups is 1. The third kappa shape index (κ3) is 6.94. The number of aliphatic hydroxyl groups is 2. The van der Waals surface area contributed by atoms with Crippen LogP contribution in [0.15, 0.2) is 5.10 Å². The summed E-state index contributed by atoms with van der Waals surface area (Å²) in [6, 6.07) is 0. The van der Waals surface area contributed by atoms with Gasteiger partial charge in [-0.25, -0.2) is 5.43 Å². The minimum Gasteiger partial charge on any atom is -0.390 e. The largest absolute Gasteiger partial charge is 0.390 e. The fourth-order valence-corrected chi connectivity index (χ4v) is 4.48. The Hall–Kier alpha value is -0.240. The van der Waals surface area contributed by atoms with Gasteiger partial charge >= 0.3 is 0 Å². The van der Waals surface area contributed by atoms with Crippen molar-refractivity contribution >= 4 is 33.2 Å². The van der Waals surface area contributed by atoms with Gasteiger partial charge in [0.15, 0.2) is 0 Å². The second kappa shape index (κ2) is 11.4. The Kier molecular flexibility index (Phi) is 10.3. The average Bonchev–Trinajstić information content (AvgIpc) is 2.73. The molecule has 1 fully saturated rings. The minimum atomic E-state index is -1.12. The number of nitrogens with one attached hydrogen (secondary N) is 1. The van der Waals surface area contributed by atoms with Crippen LogP contribution in [-0.2, 0) is 4.79 Å². The van der Waals surface area contributed by atoms with Gasteiger partial charge in [0, 0.05) is 0 Å². The van der Waals surface area contributed by atoms with Crippen LogP contribution in [0.3, 0.4) is 0 Å². The van der Waals surface area contributed by atoms with Crippen LogP contribution in [0.25, 0.3) is 0 Å². The van der Waals surface area contributed by atoms with Gasteiger partial charge in [0.05, 0.1) is 18.1 Å². The molecule has 0 aromatic rings. The number of hydrogen-bond acceptors (Lipinski definition) is 6. The number of aliphatic hydroxyl groups excluding tert-OH is 1. The number of hydrogen-bond donors (Lipinski definition) is 3. The zero-order valence-electron chi connectivity index (χ0n) is 15.1. The molecule has 0 spiro atoms. The predicted octanol–water partition coefficient (Wildman–Crippen LogP) is 3.21. The van der Waals surface area contributed by atoms with Crippen molar-refractivity contribution in [3.05, 3.63) is 0 Å². The van der Waals surface area contributed by atoms with Gasteiger partial charge in [-0.3, -0.25) is 4.79 Å². The molecule has 0 radical (unpaired) electrons. The van der Waals surface area contributed by atoms with E-state index in [1.54, 1.807) is 0 Å².